The molecule has 9 rings (SSSR count). The van der Waals surface area contributed by atoms with E-state index in [9.17, 15) is 38.7 Å². The zero-order valence-electron chi connectivity index (χ0n) is 60.5. The monoisotopic (exact) mass is 1680 g/mol. The number of nitrogens with one attached hydrogen (secondary N) is 1. The first-order valence-electron chi connectivity index (χ1n) is 31.7. The number of aliphatic hydroxyl groups excluding tert-OH is 1. The number of hydrogen-bond acceptors (Lipinski definition) is 23. The van der Waals surface area contributed by atoms with Crippen molar-refractivity contribution in [1.82, 2.24) is 15.3 Å². The number of esters is 1. The summed E-state index contributed by atoms with van der Waals surface area (Å²) in [6, 6.07) is 30.8. The normalized spacial score (nSPS) is 9.64. The van der Waals surface area contributed by atoms with Crippen molar-refractivity contribution in [3.63, 3.8) is 0 Å². The Balaban J connectivity index is 0.00000124. The molecule has 9 aromatic rings. The molecule has 4 aromatic carbocycles. The molecule has 5 heterocycles. The number of hydrogen-bond donors (Lipinski definition) is 7. The fourth-order valence-corrected chi connectivity index (χ4v) is 13.0. The molecule has 22 nitrogen and oxygen atoms in total. The van der Waals surface area contributed by atoms with Crippen LogP contribution in [0.15, 0.2) is 133 Å². The van der Waals surface area contributed by atoms with Gasteiger partial charge in [-0.15, -0.1) is 57.2 Å². The number of methoxy groups -OCH3 is 4. The second kappa shape index (κ2) is 56.9. The molecule has 0 saturated heterocycles. The number of ether oxygens (including phenoxy) is 5. The third-order valence-corrected chi connectivity index (χ3v) is 18.2. The maximum absolute atomic E-state index is 12.5. The Labute approximate surface area is 655 Å². The Morgan fingerprint density at radius 2 is 0.981 bits per heavy atom. The van der Waals surface area contributed by atoms with E-state index in [0.717, 1.165) is 90.6 Å². The van der Waals surface area contributed by atoms with E-state index in [-0.39, 0.29) is 47.0 Å². The first-order chi connectivity index (χ1) is 49.9. The van der Waals surface area contributed by atoms with Crippen molar-refractivity contribution in [3.05, 3.63) is 211 Å². The molecule has 0 atom stereocenters. The Morgan fingerprint density at radius 1 is 0.606 bits per heavy atom. The zero-order chi connectivity index (χ0) is 78.7. The number of hydrazine groups is 1. The van der Waals surface area contributed by atoms with Crippen LogP contribution in [0, 0.1) is 27.7 Å². The number of nitrogens with zero attached hydrogens (tertiary/aromatic N) is 3. The molecule has 565 valence electrons. The molecule has 8 N–H and O–H groups in total. The minimum atomic E-state index is -1.05. The fourth-order valence-electron chi connectivity index (χ4n) is 9.05. The van der Waals surface area contributed by atoms with Gasteiger partial charge < -0.3 is 39.0 Å². The summed E-state index contributed by atoms with van der Waals surface area (Å²) in [6.07, 6.45) is 4.35. The number of thiol groups is 1. The number of carbonyl (C=O) groups excluding carboxylic acids is 4. The average Bonchev–Trinajstić information content (AvgIpc) is 1.64. The van der Waals surface area contributed by atoms with Gasteiger partial charge in [-0.1, -0.05) is 102 Å². The molecule has 1 amide bonds. The Morgan fingerprint density at radius 3 is 1.34 bits per heavy atom. The number of carbonyl (C=O) groups is 6. The SMILES string of the molecule is CCI.CCO.CCOC(=O)c1c(C)csc1C(=O)CCc1ccccc1OC.COc1ccccc1CCC(=O)N(C)OC.COc1ccccc1CCC(=O)c1scc(C)c1C(=O)O.COc1ccccc1CCc1n[nH]c(=O)c2c(C)csc12.Cc1cscc1C(=O)O.ClCCl.NN.[B]=NS. The number of Topliss-reactive ketones (excluding diaryl/α,β-unsaturated/α-hetero) is 2. The number of alkyl halides is 3. The number of para-hydroxylation sites is 4. The first-order valence-corrected chi connectivity index (χ1v) is 38.3. The van der Waals surface area contributed by atoms with Crippen LogP contribution in [0.4, 0.5) is 0 Å². The number of benzene rings is 4. The molecule has 5 aromatic heterocycles. The molecule has 104 heavy (non-hydrogen) atoms. The number of carboxylic acid groups (broad SMARTS) is 2. The molecule has 0 aliphatic carbocycles. The number of carboxylic acids is 2. The summed E-state index contributed by atoms with van der Waals surface area (Å²) in [6.45, 7) is 13.4. The maximum atomic E-state index is 12.5. The van der Waals surface area contributed by atoms with E-state index in [4.69, 9.17) is 61.9 Å². The Bertz CT molecular complexity index is 4070. The molecular formula is C73H93BCl2IN6O16S5. The standard InChI is InChI=1S/C18H20O4S.C16H16N2O2S.C16H16O4S.C12H17NO3.C6H6O2S.C2H5I.C2H6O.CH2Cl2.BHNS.H4N2/c1-4-22-18(20)16-12(2)11-23-17(16)14(19)10-9-13-7-5-6-8-15(13)21-3;1-10-9-21-15-12(17-18-16(19)14(10)15)8-7-11-5-3-4-6-13(11)20-2;1-10-9-21-15(14(10)16(18)19)12(17)8-7-11-5-3-4-6-13(11)20-2;1-13(16-3)12(14)9-8-10-6-4-5-7-11(10)15-2;1-4-2-9-3-5(4)6(7)8;2*1-2-3;2-1-3;1-2-3;1-2/h5-8,11H,4,9-10H2,1-3H3;2*3-6,9H,7-8H2,1-2H3,(H,18,19);4-7H,8-9H2,1-3H3;2-3H,1H3,(H,7,8);2H2,1H3;3H,2H2,1H3;1H2;3H;1-2H2. The topological polar surface area (TPSA) is 332 Å². The van der Waals surface area contributed by atoms with Crippen molar-refractivity contribution in [1.29, 1.82) is 0 Å². The van der Waals surface area contributed by atoms with Crippen LogP contribution in [-0.2, 0) is 46.5 Å². The van der Waals surface area contributed by atoms with Crippen LogP contribution < -0.4 is 36.2 Å². The zero-order valence-corrected chi connectivity index (χ0v) is 68.4. The molecular weight excluding hydrogens is 1590 g/mol. The molecule has 0 aliphatic rings. The number of halogens is 3. The molecule has 0 fully saturated rings. The number of amides is 1. The molecule has 0 aliphatic heterocycles. The van der Waals surface area contributed by atoms with Crippen LogP contribution >= 0.6 is 104 Å². The molecule has 0 saturated carbocycles. The van der Waals surface area contributed by atoms with Crippen molar-refractivity contribution in [2.24, 2.45) is 16.0 Å². The van der Waals surface area contributed by atoms with Crippen molar-refractivity contribution in [2.45, 2.75) is 99.8 Å². The number of rotatable bonds is 23. The van der Waals surface area contributed by atoms with Gasteiger partial charge in [-0.05, 0) is 168 Å². The quantitative estimate of drug-likeness (QED) is 0.00457. The number of H-pyrrole nitrogens is 1. The van der Waals surface area contributed by atoms with Gasteiger partial charge in [0.1, 0.15) is 23.0 Å². The van der Waals surface area contributed by atoms with Crippen LogP contribution in [-0.4, -0.2) is 139 Å². The fraction of sp³-hybridized carbons (Fsp3) is 0.342. The van der Waals surface area contributed by atoms with Crippen LogP contribution in [0.1, 0.15) is 141 Å². The summed E-state index contributed by atoms with van der Waals surface area (Å²) < 4.78 is 31.1. The summed E-state index contributed by atoms with van der Waals surface area (Å²) in [7, 11) is 13.9. The van der Waals surface area contributed by atoms with Crippen LogP contribution in [0.3, 0.4) is 0 Å². The van der Waals surface area contributed by atoms with Crippen LogP contribution in [0.5, 0.6) is 23.0 Å². The number of aryl methyl sites for hydroxylation is 9. The second-order valence-corrected chi connectivity index (χ2v) is 26.6. The van der Waals surface area contributed by atoms with Crippen molar-refractivity contribution in [3.8, 4) is 23.0 Å². The molecule has 0 unspecified atom stereocenters. The van der Waals surface area contributed by atoms with Gasteiger partial charge in [-0.25, -0.2) is 24.5 Å². The van der Waals surface area contributed by atoms with Gasteiger partial charge in [0.05, 0.1) is 89.7 Å². The molecule has 0 spiro atoms. The summed E-state index contributed by atoms with van der Waals surface area (Å²) in [5, 5.41) is 43.2. The number of aromatic nitrogens is 2. The Kier molecular flexibility index (Phi) is 52.9. The predicted molar refractivity (Wildman–Crippen MR) is 434 cm³/mol. The number of aliphatic hydroxyl groups is 1. The van der Waals surface area contributed by atoms with Gasteiger partial charge in [0.15, 0.2) is 11.6 Å². The van der Waals surface area contributed by atoms with Gasteiger partial charge in [0, 0.05) is 38.3 Å². The number of thiophene rings is 4. The summed E-state index contributed by atoms with van der Waals surface area (Å²) in [5.74, 6) is 8.67. The van der Waals surface area contributed by atoms with E-state index in [0.29, 0.717) is 65.2 Å². The summed E-state index contributed by atoms with van der Waals surface area (Å²) in [5.41, 5.74) is 9.15. The summed E-state index contributed by atoms with van der Waals surface area (Å²) in [4.78, 5) is 87.3. The van der Waals surface area contributed by atoms with E-state index < -0.39 is 17.9 Å². The van der Waals surface area contributed by atoms with E-state index in [1.54, 1.807) is 85.3 Å². The third-order valence-electron chi connectivity index (χ3n) is 13.9. The van der Waals surface area contributed by atoms with E-state index in [2.05, 4.69) is 82.2 Å². The predicted octanol–water partition coefficient (Wildman–Crippen LogP) is 16.0. The number of fused-ring (bicyclic) bond motifs is 1. The van der Waals surface area contributed by atoms with Gasteiger partial charge in [0.25, 0.3) is 5.56 Å². The van der Waals surface area contributed by atoms with Crippen LogP contribution in [0.2, 0.25) is 0 Å². The third kappa shape index (κ3) is 34.2. The van der Waals surface area contributed by atoms with E-state index >= 15 is 0 Å². The number of aromatic carboxylic acids is 2. The van der Waals surface area contributed by atoms with Crippen LogP contribution in [0.25, 0.3) is 10.1 Å². The van der Waals surface area contributed by atoms with Gasteiger partial charge in [-0.2, -0.15) is 16.4 Å². The number of nitrogens with two attached hydrogens (primary N) is 2. The molecule has 31 heteroatoms. The van der Waals surface area contributed by atoms with Crippen molar-refractivity contribution in [2.75, 3.05) is 65.6 Å². The van der Waals surface area contributed by atoms with E-state index in [1.807, 2.05) is 121 Å². The van der Waals surface area contributed by atoms with E-state index in [1.165, 1.54) is 50.6 Å². The van der Waals surface area contributed by atoms with Gasteiger partial charge in [0.2, 0.25) is 5.91 Å². The Hall–Kier alpha value is -7.40. The first kappa shape index (κ1) is 96.6. The number of hydroxylamine groups is 2. The average molecular weight is 1680 g/mol. The minimum absolute atomic E-state index is 0.0444. The number of ketones is 2. The molecule has 1 radical (unpaired) electrons. The van der Waals surface area contributed by atoms with Gasteiger partial charge >= 0.3 is 42.7 Å². The summed E-state index contributed by atoms with van der Waals surface area (Å²) >= 11 is 20.5. The second-order valence-electron chi connectivity index (χ2n) is 20.6. The van der Waals surface area contributed by atoms with Crippen molar-refractivity contribution >= 4 is 157 Å². The van der Waals surface area contributed by atoms with Crippen molar-refractivity contribution < 1.29 is 72.6 Å². The number of aromatic amines is 1. The van der Waals surface area contributed by atoms with Gasteiger partial charge in [-0.3, -0.25) is 35.7 Å². The molecule has 0 bridgehead atoms.